The Bertz CT molecular complexity index is 637. The first kappa shape index (κ1) is 15.3. The predicted molar refractivity (Wildman–Crippen MR) is 82.1 cm³/mol. The third-order valence-corrected chi connectivity index (χ3v) is 3.64. The number of hydrogen-bond acceptors (Lipinski definition) is 4. The summed E-state index contributed by atoms with van der Waals surface area (Å²) in [5.74, 6) is 5.62. The summed E-state index contributed by atoms with van der Waals surface area (Å²) in [7, 11) is 0. The second-order valence-corrected chi connectivity index (χ2v) is 5.46. The number of nitrogens with zero attached hydrogens (tertiary/aromatic N) is 2. The maximum absolute atomic E-state index is 12.3. The maximum Gasteiger partial charge on any atom is 0.262 e. The van der Waals surface area contributed by atoms with Crippen molar-refractivity contribution in [3.05, 3.63) is 40.3 Å². The second kappa shape index (κ2) is 7.62. The number of carbonyl (C=O) groups excluding carboxylic acids is 1. The van der Waals surface area contributed by atoms with E-state index in [1.54, 1.807) is 10.9 Å². The number of amides is 1. The van der Waals surface area contributed by atoms with E-state index in [2.05, 4.69) is 22.3 Å². The summed E-state index contributed by atoms with van der Waals surface area (Å²) in [6.07, 6.45) is 3.98. The quantitative estimate of drug-likeness (QED) is 0.823. The monoisotopic (exact) mass is 303 g/mol. The van der Waals surface area contributed by atoms with Gasteiger partial charge in [-0.05, 0) is 24.4 Å². The largest absolute Gasteiger partial charge is 0.395 e. The average Bonchev–Trinajstić information content (AvgIpc) is 3.10. The Balaban J connectivity index is 1.97. The van der Waals surface area contributed by atoms with Crippen LogP contribution in [0.2, 0.25) is 0 Å². The van der Waals surface area contributed by atoms with Crippen molar-refractivity contribution in [1.29, 1.82) is 0 Å². The smallest absolute Gasteiger partial charge is 0.262 e. The summed E-state index contributed by atoms with van der Waals surface area (Å²) in [4.78, 5) is 12.9. The van der Waals surface area contributed by atoms with Gasteiger partial charge in [0.2, 0.25) is 0 Å². The first-order valence-corrected chi connectivity index (χ1v) is 7.54. The van der Waals surface area contributed by atoms with Gasteiger partial charge in [-0.3, -0.25) is 9.48 Å². The zero-order valence-corrected chi connectivity index (χ0v) is 12.6. The second-order valence-electron chi connectivity index (χ2n) is 4.54. The van der Waals surface area contributed by atoms with Gasteiger partial charge in [-0.15, -0.1) is 11.3 Å². The van der Waals surface area contributed by atoms with Crippen LogP contribution >= 0.6 is 11.3 Å². The van der Waals surface area contributed by atoms with Gasteiger partial charge in [0.05, 0.1) is 13.2 Å². The minimum atomic E-state index is -0.127. The lowest BCUT2D eigenvalue weighted by Gasteiger charge is -2.13. The van der Waals surface area contributed by atoms with Gasteiger partial charge in [0.25, 0.3) is 5.91 Å². The Labute approximate surface area is 127 Å². The lowest BCUT2D eigenvalue weighted by Crippen LogP contribution is -2.35. The zero-order valence-electron chi connectivity index (χ0n) is 11.7. The number of carbonyl (C=O) groups is 1. The lowest BCUT2D eigenvalue weighted by atomic mass is 10.2. The van der Waals surface area contributed by atoms with E-state index in [-0.39, 0.29) is 18.6 Å². The Kier molecular flexibility index (Phi) is 5.55. The number of aliphatic hydroxyl groups is 1. The summed E-state index contributed by atoms with van der Waals surface area (Å²) in [6, 6.07) is 3.64. The summed E-state index contributed by atoms with van der Waals surface area (Å²) in [5, 5.41) is 17.6. The molecule has 0 saturated heterocycles. The molecule has 0 aliphatic heterocycles. The van der Waals surface area contributed by atoms with Crippen molar-refractivity contribution in [2.75, 3.05) is 6.61 Å². The molecule has 0 spiro atoms. The van der Waals surface area contributed by atoms with Gasteiger partial charge in [0.15, 0.2) is 0 Å². The van der Waals surface area contributed by atoms with Crippen LogP contribution in [0.3, 0.4) is 0 Å². The molecule has 2 aromatic heterocycles. The van der Waals surface area contributed by atoms with E-state index in [1.807, 2.05) is 30.6 Å². The minimum Gasteiger partial charge on any atom is -0.395 e. The van der Waals surface area contributed by atoms with Crippen molar-refractivity contribution in [3.63, 3.8) is 0 Å². The highest BCUT2D eigenvalue weighted by Crippen LogP contribution is 2.16. The summed E-state index contributed by atoms with van der Waals surface area (Å²) < 4.78 is 1.78. The predicted octanol–water partition coefficient (Wildman–Crippen LogP) is 1.50. The molecule has 2 aromatic rings. The fourth-order valence-corrected chi connectivity index (χ4v) is 2.57. The molecule has 0 saturated carbocycles. The number of rotatable bonds is 5. The Morgan fingerprint density at radius 2 is 2.48 bits per heavy atom. The first-order valence-electron chi connectivity index (χ1n) is 6.66. The fourth-order valence-electron chi connectivity index (χ4n) is 1.82. The van der Waals surface area contributed by atoms with Crippen molar-refractivity contribution in [2.24, 2.45) is 0 Å². The van der Waals surface area contributed by atoms with Gasteiger partial charge in [-0.25, -0.2) is 0 Å². The minimum absolute atomic E-state index is 0.0274. The summed E-state index contributed by atoms with van der Waals surface area (Å²) >= 11 is 1.37. The van der Waals surface area contributed by atoms with Gasteiger partial charge in [-0.2, -0.15) is 5.10 Å². The molecule has 5 nitrogen and oxygen atoms in total. The van der Waals surface area contributed by atoms with Crippen LogP contribution in [0.4, 0.5) is 0 Å². The van der Waals surface area contributed by atoms with Gasteiger partial charge in [0, 0.05) is 30.4 Å². The first-order chi connectivity index (χ1) is 10.2. The molecule has 2 rings (SSSR count). The third-order valence-electron chi connectivity index (χ3n) is 2.73. The molecule has 0 radical (unpaired) electrons. The highest BCUT2D eigenvalue weighted by molar-refractivity contribution is 7.12. The summed E-state index contributed by atoms with van der Waals surface area (Å²) in [5.41, 5.74) is 0.706. The number of nitrogens with one attached hydrogen (secondary N) is 1. The van der Waals surface area contributed by atoms with Gasteiger partial charge in [-0.1, -0.05) is 11.8 Å². The van der Waals surface area contributed by atoms with E-state index in [0.717, 1.165) is 0 Å². The van der Waals surface area contributed by atoms with E-state index < -0.39 is 0 Å². The molecule has 1 atom stereocenters. The molecule has 0 fully saturated rings. The van der Waals surface area contributed by atoms with Gasteiger partial charge >= 0.3 is 0 Å². The van der Waals surface area contributed by atoms with E-state index in [9.17, 15) is 4.79 Å². The Morgan fingerprint density at radius 1 is 1.62 bits per heavy atom. The molecule has 1 amide bonds. The highest BCUT2D eigenvalue weighted by atomic mass is 32.1. The summed E-state index contributed by atoms with van der Waals surface area (Å²) in [6.45, 7) is 2.58. The number of aliphatic hydroxyl groups excluding tert-OH is 1. The van der Waals surface area contributed by atoms with Gasteiger partial charge in [0.1, 0.15) is 4.88 Å². The van der Waals surface area contributed by atoms with Crippen LogP contribution in [0.1, 0.15) is 28.6 Å². The van der Waals surface area contributed by atoms with Crippen molar-refractivity contribution >= 4 is 17.2 Å². The van der Waals surface area contributed by atoms with E-state index in [4.69, 9.17) is 5.11 Å². The third kappa shape index (κ3) is 4.45. The van der Waals surface area contributed by atoms with E-state index in [0.29, 0.717) is 23.4 Å². The molecule has 0 bridgehead atoms. The van der Waals surface area contributed by atoms with E-state index >= 15 is 0 Å². The van der Waals surface area contributed by atoms with Crippen molar-refractivity contribution in [3.8, 4) is 11.8 Å². The molecule has 6 heteroatoms. The number of thiophene rings is 1. The SMILES string of the molecule is CC(Cn1cccn1)NC(=O)c1sccc1C#CCCO. The fraction of sp³-hybridized carbons (Fsp3) is 0.333. The molecular weight excluding hydrogens is 286 g/mol. The topological polar surface area (TPSA) is 67.2 Å². The normalized spacial score (nSPS) is 11.5. The Morgan fingerprint density at radius 3 is 3.19 bits per heavy atom. The van der Waals surface area contributed by atoms with Crippen LogP contribution in [0.15, 0.2) is 29.9 Å². The molecule has 2 N–H and O–H groups in total. The zero-order chi connectivity index (χ0) is 15.1. The van der Waals surface area contributed by atoms with Crippen LogP contribution in [-0.2, 0) is 6.54 Å². The number of aromatic nitrogens is 2. The van der Waals surface area contributed by atoms with Crippen LogP contribution in [0.5, 0.6) is 0 Å². The van der Waals surface area contributed by atoms with Gasteiger partial charge < -0.3 is 10.4 Å². The van der Waals surface area contributed by atoms with Crippen molar-refractivity contribution < 1.29 is 9.90 Å². The van der Waals surface area contributed by atoms with Crippen LogP contribution in [0, 0.1) is 11.8 Å². The molecule has 2 heterocycles. The molecule has 21 heavy (non-hydrogen) atoms. The average molecular weight is 303 g/mol. The van der Waals surface area contributed by atoms with Crippen LogP contribution < -0.4 is 5.32 Å². The molecule has 0 aliphatic carbocycles. The molecule has 1 unspecified atom stereocenters. The molecule has 110 valence electrons. The molecule has 0 aliphatic rings. The van der Waals surface area contributed by atoms with Crippen LogP contribution in [0.25, 0.3) is 0 Å². The van der Waals surface area contributed by atoms with Crippen molar-refractivity contribution in [1.82, 2.24) is 15.1 Å². The standard InChI is InChI=1S/C15H17N3O2S/c1-12(11-18-8-4-7-16-18)17-15(20)14-13(6-10-21-14)5-2-3-9-19/h4,6-8,10,12,19H,3,9,11H2,1H3,(H,17,20). The number of hydrogen-bond donors (Lipinski definition) is 2. The van der Waals surface area contributed by atoms with E-state index in [1.165, 1.54) is 11.3 Å². The Hall–Kier alpha value is -2.10. The molecular formula is C15H17N3O2S. The molecule has 0 aromatic carbocycles. The highest BCUT2D eigenvalue weighted by Gasteiger charge is 2.14. The van der Waals surface area contributed by atoms with Crippen molar-refractivity contribution in [2.45, 2.75) is 25.9 Å². The lowest BCUT2D eigenvalue weighted by molar-refractivity contribution is 0.0940. The van der Waals surface area contributed by atoms with Crippen LogP contribution in [-0.4, -0.2) is 33.4 Å². The maximum atomic E-state index is 12.3.